The molecular formula is C21H16F2N3NaO3. The van der Waals surface area contributed by atoms with E-state index < -0.39 is 23.5 Å². The van der Waals surface area contributed by atoms with Crippen LogP contribution in [0.25, 0.3) is 11.4 Å². The van der Waals surface area contributed by atoms with Gasteiger partial charge in [-0.25, -0.2) is 23.5 Å². The molecule has 0 bridgehead atoms. The summed E-state index contributed by atoms with van der Waals surface area (Å²) in [4.78, 5) is 31.8. The Kier molecular flexibility index (Phi) is 6.60. The van der Waals surface area contributed by atoms with Gasteiger partial charge in [-0.15, -0.1) is 0 Å². The first kappa shape index (κ1) is 22.0. The van der Waals surface area contributed by atoms with Crippen LogP contribution in [-0.2, 0) is 0 Å². The Morgan fingerprint density at radius 2 is 1.67 bits per heavy atom. The van der Waals surface area contributed by atoms with Gasteiger partial charge >= 0.3 is 35.5 Å². The van der Waals surface area contributed by atoms with Crippen molar-refractivity contribution in [2.75, 3.05) is 5.32 Å². The Morgan fingerprint density at radius 1 is 1.03 bits per heavy atom. The summed E-state index contributed by atoms with van der Waals surface area (Å²) in [7, 11) is 0. The number of benzene rings is 2. The molecule has 2 N–H and O–H groups in total. The Labute approximate surface area is 192 Å². The molecule has 148 valence electrons. The van der Waals surface area contributed by atoms with Gasteiger partial charge in [0.1, 0.15) is 11.6 Å². The minimum absolute atomic E-state index is 0. The molecule has 0 radical (unpaired) electrons. The Morgan fingerprint density at radius 3 is 2.23 bits per heavy atom. The van der Waals surface area contributed by atoms with E-state index in [1.807, 2.05) is 0 Å². The number of anilines is 1. The number of carbonyl (C=O) groups is 2. The third-order valence-corrected chi connectivity index (χ3v) is 4.67. The van der Waals surface area contributed by atoms with Gasteiger partial charge < -0.3 is 10.4 Å². The van der Waals surface area contributed by atoms with Crippen LogP contribution in [0, 0.1) is 11.6 Å². The molecule has 6 nitrogen and oxygen atoms in total. The van der Waals surface area contributed by atoms with Crippen molar-refractivity contribution in [2.24, 2.45) is 0 Å². The van der Waals surface area contributed by atoms with Crippen LogP contribution in [0.3, 0.4) is 0 Å². The van der Waals surface area contributed by atoms with E-state index in [2.05, 4.69) is 15.3 Å². The van der Waals surface area contributed by atoms with Crippen molar-refractivity contribution in [2.45, 2.75) is 18.8 Å². The number of carboxylic acid groups (broad SMARTS) is 1. The number of rotatable bonds is 5. The zero-order chi connectivity index (χ0) is 20.5. The van der Waals surface area contributed by atoms with E-state index in [4.69, 9.17) is 0 Å². The first-order chi connectivity index (χ1) is 13.9. The molecule has 1 aliphatic carbocycles. The molecule has 0 spiro atoms. The van der Waals surface area contributed by atoms with Crippen LogP contribution in [0.1, 0.15) is 45.0 Å². The second-order valence-electron chi connectivity index (χ2n) is 6.73. The normalized spacial score (nSPS) is 12.7. The number of hydrogen-bond donors (Lipinski definition) is 2. The molecule has 1 fully saturated rings. The first-order valence-electron chi connectivity index (χ1n) is 8.89. The van der Waals surface area contributed by atoms with E-state index in [-0.39, 0.29) is 57.8 Å². The molecule has 4 rings (SSSR count). The summed E-state index contributed by atoms with van der Waals surface area (Å²) in [5, 5.41) is 12.0. The molecule has 1 heterocycles. The van der Waals surface area contributed by atoms with Gasteiger partial charge in [-0.2, -0.15) is 0 Å². The fourth-order valence-corrected chi connectivity index (χ4v) is 3.00. The average molecular weight is 419 g/mol. The minimum atomic E-state index is -1.15. The molecule has 1 amide bonds. The molecule has 0 aliphatic heterocycles. The summed E-state index contributed by atoms with van der Waals surface area (Å²) >= 11 is 0. The molecule has 2 aromatic carbocycles. The molecule has 0 unspecified atom stereocenters. The van der Waals surface area contributed by atoms with Crippen LogP contribution in [0.4, 0.5) is 14.5 Å². The van der Waals surface area contributed by atoms with Crippen LogP contribution < -0.4 is 5.32 Å². The molecule has 0 saturated heterocycles. The van der Waals surface area contributed by atoms with E-state index in [1.54, 1.807) is 18.2 Å². The summed E-state index contributed by atoms with van der Waals surface area (Å²) in [5.41, 5.74) is 0.709. The van der Waals surface area contributed by atoms with Crippen LogP contribution in [0.5, 0.6) is 0 Å². The molecule has 30 heavy (non-hydrogen) atoms. The molecule has 1 aliphatic rings. The van der Waals surface area contributed by atoms with Crippen molar-refractivity contribution in [3.63, 3.8) is 0 Å². The number of halogens is 2. The number of aromatic nitrogens is 2. The number of amides is 1. The number of hydrogen-bond acceptors (Lipinski definition) is 4. The SMILES string of the molecule is O=C(Nc1ccc(C2CC2)cc1C(=O)O)c1cnc(-c2c(F)cccc2F)nc1.[NaH]. The van der Waals surface area contributed by atoms with Gasteiger partial charge in [-0.05, 0) is 48.6 Å². The average Bonchev–Trinajstić information content (AvgIpc) is 3.54. The first-order valence-corrected chi connectivity index (χ1v) is 8.89. The van der Waals surface area contributed by atoms with Gasteiger partial charge in [0, 0.05) is 12.4 Å². The Balaban J connectivity index is 0.00000256. The van der Waals surface area contributed by atoms with Crippen molar-refractivity contribution < 1.29 is 23.5 Å². The van der Waals surface area contributed by atoms with E-state index in [1.165, 1.54) is 6.07 Å². The quantitative estimate of drug-likeness (QED) is 0.617. The van der Waals surface area contributed by atoms with E-state index in [0.29, 0.717) is 5.92 Å². The molecule has 1 saturated carbocycles. The number of nitrogens with one attached hydrogen (secondary N) is 1. The maximum absolute atomic E-state index is 13.8. The van der Waals surface area contributed by atoms with Crippen molar-refractivity contribution in [1.29, 1.82) is 0 Å². The van der Waals surface area contributed by atoms with Crippen molar-refractivity contribution in [3.8, 4) is 11.4 Å². The molecule has 3 aromatic rings. The fourth-order valence-electron chi connectivity index (χ4n) is 3.00. The second-order valence-corrected chi connectivity index (χ2v) is 6.73. The van der Waals surface area contributed by atoms with E-state index in [9.17, 15) is 23.5 Å². The number of carboxylic acids is 1. The van der Waals surface area contributed by atoms with E-state index >= 15 is 0 Å². The van der Waals surface area contributed by atoms with Gasteiger partial charge in [0.15, 0.2) is 5.82 Å². The van der Waals surface area contributed by atoms with Crippen molar-refractivity contribution in [1.82, 2.24) is 9.97 Å². The summed E-state index contributed by atoms with van der Waals surface area (Å²) in [6, 6.07) is 8.31. The van der Waals surface area contributed by atoms with Gasteiger partial charge in [0.2, 0.25) is 0 Å². The van der Waals surface area contributed by atoms with Gasteiger partial charge in [-0.3, -0.25) is 4.79 Å². The van der Waals surface area contributed by atoms with Crippen molar-refractivity contribution in [3.05, 3.63) is 77.1 Å². The van der Waals surface area contributed by atoms with Gasteiger partial charge in [0.25, 0.3) is 5.91 Å². The summed E-state index contributed by atoms with van der Waals surface area (Å²) in [6.45, 7) is 0. The third-order valence-electron chi connectivity index (χ3n) is 4.67. The zero-order valence-electron chi connectivity index (χ0n) is 15.0. The van der Waals surface area contributed by atoms with Crippen LogP contribution in [-0.4, -0.2) is 56.5 Å². The topological polar surface area (TPSA) is 92.2 Å². The monoisotopic (exact) mass is 419 g/mol. The number of aromatic carboxylic acids is 1. The molecule has 9 heteroatoms. The third kappa shape index (κ3) is 4.56. The predicted octanol–water partition coefficient (Wildman–Crippen LogP) is 3.60. The molecule has 1 aromatic heterocycles. The van der Waals surface area contributed by atoms with E-state index in [0.717, 1.165) is 42.9 Å². The molecule has 0 atom stereocenters. The van der Waals surface area contributed by atoms with Crippen LogP contribution in [0.2, 0.25) is 0 Å². The maximum atomic E-state index is 13.8. The van der Waals surface area contributed by atoms with Crippen LogP contribution >= 0.6 is 0 Å². The number of nitrogens with zero attached hydrogens (tertiary/aromatic N) is 2. The Bertz CT molecular complexity index is 1100. The summed E-state index contributed by atoms with van der Waals surface area (Å²) in [5.74, 6) is -3.24. The second kappa shape index (κ2) is 8.99. The van der Waals surface area contributed by atoms with Gasteiger partial charge in [-0.1, -0.05) is 12.1 Å². The molecular weight excluding hydrogens is 403 g/mol. The standard InChI is InChI=1S/C21H15F2N3O3.Na.H/c22-15-2-1-3-16(23)18(15)19-24-9-13(10-25-19)20(27)26-17-7-6-12(11-4-5-11)8-14(17)21(28)29;;/h1-3,6-11H,4-5H2,(H,26,27)(H,28,29);;. The zero-order valence-corrected chi connectivity index (χ0v) is 15.0. The van der Waals surface area contributed by atoms with Crippen molar-refractivity contribution >= 4 is 47.1 Å². The van der Waals surface area contributed by atoms with Crippen LogP contribution in [0.15, 0.2) is 48.8 Å². The number of carbonyl (C=O) groups excluding carboxylic acids is 1. The summed E-state index contributed by atoms with van der Waals surface area (Å²) in [6.07, 6.45) is 4.30. The van der Waals surface area contributed by atoms with Gasteiger partial charge in [0.05, 0.1) is 22.4 Å². The predicted molar refractivity (Wildman–Crippen MR) is 108 cm³/mol. The Hall–Kier alpha value is -2.68. The fraction of sp³-hybridized carbons (Fsp3) is 0.143. The summed E-state index contributed by atoms with van der Waals surface area (Å²) < 4.78 is 27.7.